The highest BCUT2D eigenvalue weighted by molar-refractivity contribution is 6.35. The summed E-state index contributed by atoms with van der Waals surface area (Å²) in [4.78, 5) is 67.7. The van der Waals surface area contributed by atoms with Crippen LogP contribution in [0.4, 0.5) is 0 Å². The van der Waals surface area contributed by atoms with Crippen molar-refractivity contribution in [1.29, 1.82) is 0 Å². The van der Waals surface area contributed by atoms with Crippen molar-refractivity contribution in [3.63, 3.8) is 0 Å². The number of fused-ring (bicyclic) bond motifs is 3. The van der Waals surface area contributed by atoms with Crippen molar-refractivity contribution in [2.45, 2.75) is 58.7 Å². The van der Waals surface area contributed by atoms with Gasteiger partial charge in [-0.15, -0.1) is 0 Å². The number of hydrogen-bond donors (Lipinski definition) is 3. The van der Waals surface area contributed by atoms with Crippen LogP contribution in [0.3, 0.4) is 0 Å². The van der Waals surface area contributed by atoms with Gasteiger partial charge in [0.05, 0.1) is 29.4 Å². The predicted molar refractivity (Wildman–Crippen MR) is 247 cm³/mol. The molecule has 0 saturated carbocycles. The highest BCUT2D eigenvalue weighted by Gasteiger charge is 2.40. The minimum absolute atomic E-state index is 0.132. The highest BCUT2D eigenvalue weighted by atomic mass is 35.5. The number of piperidine rings is 1. The highest BCUT2D eigenvalue weighted by Crippen LogP contribution is 2.42. The molecule has 6 aromatic rings. The first kappa shape index (κ1) is 44.5. The lowest BCUT2D eigenvalue weighted by atomic mass is 9.98. The van der Waals surface area contributed by atoms with Gasteiger partial charge >= 0.3 is 5.97 Å². The normalized spacial score (nSPS) is 16.8. The maximum absolute atomic E-state index is 13.4. The molecule has 0 spiro atoms. The van der Waals surface area contributed by atoms with Crippen molar-refractivity contribution >= 4 is 62.9 Å². The Morgan fingerprint density at radius 1 is 0.894 bits per heavy atom. The number of carbonyl (C=O) groups excluding carboxylic acids is 4. The molecule has 0 aliphatic carbocycles. The van der Waals surface area contributed by atoms with Gasteiger partial charge in [0.25, 0.3) is 11.8 Å². The Kier molecular flexibility index (Phi) is 12.5. The van der Waals surface area contributed by atoms with Gasteiger partial charge in [-0.2, -0.15) is 5.10 Å². The van der Waals surface area contributed by atoms with Gasteiger partial charge < -0.3 is 24.0 Å². The zero-order valence-electron chi connectivity index (χ0n) is 37.1. The molecule has 9 rings (SSSR count). The fourth-order valence-corrected chi connectivity index (χ4v) is 9.96. The van der Waals surface area contributed by atoms with Gasteiger partial charge in [-0.25, -0.2) is 9.80 Å². The number of carboxylic acids is 1. The average molecular weight is 915 g/mol. The number of carbonyl (C=O) groups is 5. The number of hydrogen-bond acceptors (Lipinski definition) is 10. The summed E-state index contributed by atoms with van der Waals surface area (Å²) in [6.07, 6.45) is 1.45. The molecular weight excluding hydrogens is 864 g/mol. The summed E-state index contributed by atoms with van der Waals surface area (Å²) in [6, 6.07) is 22.1. The number of nitrogens with zero attached hydrogens (tertiary/aromatic N) is 6. The molecule has 3 aliphatic rings. The van der Waals surface area contributed by atoms with Crippen LogP contribution in [0.15, 0.2) is 72.8 Å². The molecule has 3 aliphatic heterocycles. The van der Waals surface area contributed by atoms with Gasteiger partial charge in [0.15, 0.2) is 6.61 Å². The van der Waals surface area contributed by atoms with E-state index in [2.05, 4.69) is 20.7 Å². The van der Waals surface area contributed by atoms with Crippen LogP contribution in [0.25, 0.3) is 32.8 Å². The van der Waals surface area contributed by atoms with Crippen molar-refractivity contribution in [3.05, 3.63) is 112 Å². The summed E-state index contributed by atoms with van der Waals surface area (Å²) in [5.41, 5.74) is 8.97. The Hall–Kier alpha value is -6.75. The summed E-state index contributed by atoms with van der Waals surface area (Å²) in [5, 5.41) is 23.2. The fraction of sp³-hybridized carbons (Fsp3) is 0.347. The number of ether oxygens (including phenoxy) is 2. The Bertz CT molecular complexity index is 2910. The van der Waals surface area contributed by atoms with Gasteiger partial charge in [0, 0.05) is 91.5 Å². The third kappa shape index (κ3) is 8.59. The molecule has 3 N–H and O–H groups in total. The van der Waals surface area contributed by atoms with Crippen molar-refractivity contribution < 1.29 is 38.6 Å². The van der Waals surface area contributed by atoms with Gasteiger partial charge in [-0.05, 0) is 68.3 Å². The van der Waals surface area contributed by atoms with E-state index in [0.29, 0.717) is 80.6 Å². The molecular formula is C49H51ClN8O8. The minimum atomic E-state index is -1.02. The topological polar surface area (TPSA) is 181 Å². The molecule has 0 bridgehead atoms. The van der Waals surface area contributed by atoms with Crippen molar-refractivity contribution in [1.82, 2.24) is 39.9 Å². The molecule has 16 nitrogen and oxygen atoms in total. The lowest BCUT2D eigenvalue weighted by molar-refractivity contribution is -0.137. The molecule has 66 heavy (non-hydrogen) atoms. The number of aromatic nitrogens is 3. The number of benzene rings is 4. The molecule has 4 amide bonds. The Balaban J connectivity index is 0.868. The van der Waals surface area contributed by atoms with E-state index in [1.54, 1.807) is 18.2 Å². The molecule has 1 unspecified atom stereocenters. The quantitative estimate of drug-likeness (QED) is 0.0855. The van der Waals surface area contributed by atoms with Crippen molar-refractivity contribution in [2.75, 3.05) is 45.9 Å². The number of aromatic carboxylic acids is 1. The molecule has 5 heterocycles. The second-order valence-corrected chi connectivity index (χ2v) is 17.4. The first-order chi connectivity index (χ1) is 31.9. The zero-order valence-corrected chi connectivity index (χ0v) is 37.8. The van der Waals surface area contributed by atoms with E-state index in [-0.39, 0.29) is 49.4 Å². The number of imide groups is 1. The minimum Gasteiger partial charge on any atom is -0.493 e. The first-order valence-electron chi connectivity index (χ1n) is 22.2. The van der Waals surface area contributed by atoms with Crippen LogP contribution in [0.1, 0.15) is 62.6 Å². The summed E-state index contributed by atoms with van der Waals surface area (Å²) in [5.74, 6) is -1.40. The number of nitrogens with one attached hydrogen (secondary N) is 2. The predicted octanol–water partition coefficient (Wildman–Crippen LogP) is 5.66. The Morgan fingerprint density at radius 2 is 1.65 bits per heavy atom. The van der Waals surface area contributed by atoms with Crippen LogP contribution in [0.5, 0.6) is 11.5 Å². The summed E-state index contributed by atoms with van der Waals surface area (Å²) < 4.78 is 15.9. The standard InChI is InChI=1S/C49H51ClN8O8/c1-29-43(30(2)54(3)52-29)44-37(50)17-16-34-33(13-8-26-65-39-14-6-10-31-9-4-5-11-32(31)39)46(49(63)64)57(45(34)44)25-22-55-20-23-56(24-21-55)53-42(60)28-66-40-15-7-12-35-36(40)27-58(48(35)62)38-18-19-41(59)51-47(38)61/h4-7,9-12,14-17,38H,8,13,18-28H2,1-3H3,(H,53,60)(H,63,64)(H,51,59,61). The van der Waals surface area contributed by atoms with E-state index in [1.807, 2.05) is 89.8 Å². The lowest BCUT2D eigenvalue weighted by Gasteiger charge is -2.34. The Morgan fingerprint density at radius 3 is 2.41 bits per heavy atom. The third-order valence-electron chi connectivity index (χ3n) is 13.0. The zero-order chi connectivity index (χ0) is 46.2. The average Bonchev–Trinajstić information content (AvgIpc) is 3.90. The van der Waals surface area contributed by atoms with E-state index in [4.69, 9.17) is 21.1 Å². The maximum atomic E-state index is 13.4. The number of halogens is 1. The van der Waals surface area contributed by atoms with E-state index in [9.17, 15) is 29.1 Å². The molecule has 342 valence electrons. The number of hydrazine groups is 1. The van der Waals surface area contributed by atoms with Gasteiger partial charge in [-0.1, -0.05) is 60.1 Å². The van der Waals surface area contributed by atoms with E-state index < -0.39 is 17.9 Å². The molecule has 17 heteroatoms. The number of piperazine rings is 1. The van der Waals surface area contributed by atoms with Crippen LogP contribution in [0.2, 0.25) is 5.02 Å². The van der Waals surface area contributed by atoms with Crippen LogP contribution < -0.4 is 20.2 Å². The lowest BCUT2D eigenvalue weighted by Crippen LogP contribution is -2.54. The number of aryl methyl sites for hydroxylation is 3. The van der Waals surface area contributed by atoms with Crippen molar-refractivity contribution in [3.8, 4) is 22.6 Å². The first-order valence-corrected chi connectivity index (χ1v) is 22.6. The monoisotopic (exact) mass is 914 g/mol. The number of rotatable bonds is 15. The second kappa shape index (κ2) is 18.6. The number of amides is 4. The summed E-state index contributed by atoms with van der Waals surface area (Å²) in [6.45, 7) is 7.35. The van der Waals surface area contributed by atoms with E-state index >= 15 is 0 Å². The molecule has 2 aromatic heterocycles. The third-order valence-corrected chi connectivity index (χ3v) is 13.3. The van der Waals surface area contributed by atoms with Crippen LogP contribution in [-0.2, 0) is 40.9 Å². The largest absolute Gasteiger partial charge is 0.493 e. The molecule has 2 saturated heterocycles. The fourth-order valence-electron chi connectivity index (χ4n) is 9.71. The van der Waals surface area contributed by atoms with E-state index in [0.717, 1.165) is 55.5 Å². The van der Waals surface area contributed by atoms with Gasteiger partial charge in [-0.3, -0.25) is 39.5 Å². The SMILES string of the molecule is Cc1nn(C)c(C)c1-c1c(Cl)ccc2c(CCCOc3cccc4ccccc34)c(C(=O)O)n(CCN3CCN(NC(=O)COc4cccc5c4CN(C4CCC(=O)NC4=O)C5=O)CC3)c12. The molecule has 4 aromatic carbocycles. The van der Waals surface area contributed by atoms with Gasteiger partial charge in [0.2, 0.25) is 11.8 Å². The van der Waals surface area contributed by atoms with Crippen LogP contribution in [-0.4, -0.2) is 116 Å². The molecule has 0 radical (unpaired) electrons. The van der Waals surface area contributed by atoms with Crippen LogP contribution in [0, 0.1) is 13.8 Å². The van der Waals surface area contributed by atoms with E-state index in [1.165, 1.54) is 4.90 Å². The summed E-state index contributed by atoms with van der Waals surface area (Å²) >= 11 is 7.07. The maximum Gasteiger partial charge on any atom is 0.352 e. The van der Waals surface area contributed by atoms with Gasteiger partial charge in [0.1, 0.15) is 23.2 Å². The van der Waals surface area contributed by atoms with Crippen LogP contribution >= 0.6 is 11.6 Å². The Labute approximate surface area is 385 Å². The molecule has 2 fully saturated rings. The molecule has 1 atom stereocenters. The second-order valence-electron chi connectivity index (χ2n) is 17.0. The van der Waals surface area contributed by atoms with Crippen molar-refractivity contribution in [2.24, 2.45) is 7.05 Å². The smallest absolute Gasteiger partial charge is 0.352 e. The summed E-state index contributed by atoms with van der Waals surface area (Å²) in [7, 11) is 1.88. The number of carboxylic acid groups (broad SMARTS) is 1.